The molecule has 0 unspecified atom stereocenters. The molecule has 0 atom stereocenters. The number of carbonyl (C=O) groups is 1. The standard InChI is InChI=1S/C22H31N5O3/c1-14-21(30-4)11-17(12-23-14)25(3)22-19-13-26(15(2)28)10-9-20(19)27(24-22)16-5-7-18(29)8-6-16/h11-12,16,18,29H,5-10,13H2,1-4H3. The van der Waals surface area contributed by atoms with E-state index in [2.05, 4.69) is 9.67 Å². The zero-order valence-electron chi connectivity index (χ0n) is 18.3. The molecule has 162 valence electrons. The van der Waals surface area contributed by atoms with E-state index in [0.29, 0.717) is 19.1 Å². The van der Waals surface area contributed by atoms with Crippen molar-refractivity contribution in [3.8, 4) is 5.75 Å². The first-order valence-corrected chi connectivity index (χ1v) is 10.7. The third kappa shape index (κ3) is 3.76. The van der Waals surface area contributed by atoms with E-state index < -0.39 is 0 Å². The average Bonchev–Trinajstić information content (AvgIpc) is 3.13. The van der Waals surface area contributed by atoms with Crippen LogP contribution in [0.15, 0.2) is 12.3 Å². The van der Waals surface area contributed by atoms with Crippen molar-refractivity contribution < 1.29 is 14.6 Å². The van der Waals surface area contributed by atoms with Gasteiger partial charge in [-0.1, -0.05) is 0 Å². The number of hydrogen-bond acceptors (Lipinski definition) is 6. The number of methoxy groups -OCH3 is 1. The summed E-state index contributed by atoms with van der Waals surface area (Å²) in [5.74, 6) is 1.68. The van der Waals surface area contributed by atoms with Gasteiger partial charge in [-0.25, -0.2) is 0 Å². The lowest BCUT2D eigenvalue weighted by Gasteiger charge is -2.30. The van der Waals surface area contributed by atoms with Crippen LogP contribution in [0.25, 0.3) is 0 Å². The van der Waals surface area contributed by atoms with Gasteiger partial charge in [-0.2, -0.15) is 5.10 Å². The van der Waals surface area contributed by atoms with Gasteiger partial charge in [0.25, 0.3) is 0 Å². The number of ether oxygens (including phenoxy) is 1. The minimum atomic E-state index is -0.200. The van der Waals surface area contributed by atoms with Crippen LogP contribution in [0.1, 0.15) is 55.6 Å². The molecule has 0 radical (unpaired) electrons. The average molecular weight is 414 g/mol. The molecule has 8 nitrogen and oxygen atoms in total. The first kappa shape index (κ1) is 20.7. The maximum atomic E-state index is 12.1. The summed E-state index contributed by atoms with van der Waals surface area (Å²) in [6, 6.07) is 2.26. The second-order valence-electron chi connectivity index (χ2n) is 8.39. The quantitative estimate of drug-likeness (QED) is 0.830. The van der Waals surface area contributed by atoms with Gasteiger partial charge < -0.3 is 19.6 Å². The minimum absolute atomic E-state index is 0.0847. The van der Waals surface area contributed by atoms with E-state index in [9.17, 15) is 9.90 Å². The Hall–Kier alpha value is -2.61. The van der Waals surface area contributed by atoms with E-state index in [1.54, 1.807) is 14.0 Å². The molecule has 0 aromatic carbocycles. The van der Waals surface area contributed by atoms with Gasteiger partial charge in [-0.3, -0.25) is 14.5 Å². The molecule has 0 spiro atoms. The van der Waals surface area contributed by atoms with E-state index in [0.717, 1.165) is 60.6 Å². The Morgan fingerprint density at radius 1 is 1.30 bits per heavy atom. The van der Waals surface area contributed by atoms with Crippen LogP contribution in [0.2, 0.25) is 0 Å². The van der Waals surface area contributed by atoms with Gasteiger partial charge in [-0.05, 0) is 32.6 Å². The molecule has 1 amide bonds. The summed E-state index contributed by atoms with van der Waals surface area (Å²) < 4.78 is 7.62. The second-order valence-corrected chi connectivity index (χ2v) is 8.39. The molecule has 4 rings (SSSR count). The number of rotatable bonds is 4. The van der Waals surface area contributed by atoms with Gasteiger partial charge in [-0.15, -0.1) is 0 Å². The van der Waals surface area contributed by atoms with E-state index in [4.69, 9.17) is 9.84 Å². The largest absolute Gasteiger partial charge is 0.495 e. The number of hydrogen-bond donors (Lipinski definition) is 1. The summed E-state index contributed by atoms with van der Waals surface area (Å²) in [4.78, 5) is 20.4. The topological polar surface area (TPSA) is 83.7 Å². The van der Waals surface area contributed by atoms with Crippen LogP contribution in [0.3, 0.4) is 0 Å². The summed E-state index contributed by atoms with van der Waals surface area (Å²) in [7, 11) is 3.63. The lowest BCUT2D eigenvalue weighted by atomic mass is 9.92. The zero-order chi connectivity index (χ0) is 21.4. The van der Waals surface area contributed by atoms with E-state index >= 15 is 0 Å². The fourth-order valence-electron chi connectivity index (χ4n) is 4.59. The Morgan fingerprint density at radius 3 is 2.70 bits per heavy atom. The third-order valence-corrected chi connectivity index (χ3v) is 6.47. The molecule has 1 N–H and O–H groups in total. The number of fused-ring (bicyclic) bond motifs is 1. The van der Waals surface area contributed by atoms with Crippen molar-refractivity contribution in [2.24, 2.45) is 0 Å². The molecular formula is C22H31N5O3. The highest BCUT2D eigenvalue weighted by Crippen LogP contribution is 2.37. The lowest BCUT2D eigenvalue weighted by Crippen LogP contribution is -2.35. The molecule has 1 aliphatic heterocycles. The predicted octanol–water partition coefficient (Wildman–Crippen LogP) is 2.74. The van der Waals surface area contributed by atoms with Crippen molar-refractivity contribution in [3.05, 3.63) is 29.2 Å². The number of aryl methyl sites for hydroxylation is 1. The lowest BCUT2D eigenvalue weighted by molar-refractivity contribution is -0.129. The number of aliphatic hydroxyl groups excluding tert-OH is 1. The van der Waals surface area contributed by atoms with Crippen molar-refractivity contribution in [1.82, 2.24) is 19.7 Å². The number of anilines is 2. The minimum Gasteiger partial charge on any atom is -0.495 e. The van der Waals surface area contributed by atoms with E-state index in [1.165, 1.54) is 5.69 Å². The molecule has 0 bridgehead atoms. The molecule has 2 aromatic heterocycles. The highest BCUT2D eigenvalue weighted by molar-refractivity contribution is 5.74. The summed E-state index contributed by atoms with van der Waals surface area (Å²) >= 11 is 0. The molecule has 2 aliphatic rings. The number of aromatic nitrogens is 3. The Morgan fingerprint density at radius 2 is 2.03 bits per heavy atom. The Labute approximate surface area is 177 Å². The van der Waals surface area contributed by atoms with Crippen LogP contribution in [0.4, 0.5) is 11.5 Å². The van der Waals surface area contributed by atoms with Crippen LogP contribution < -0.4 is 9.64 Å². The molecule has 1 fully saturated rings. The van der Waals surface area contributed by atoms with Gasteiger partial charge in [0, 0.05) is 44.3 Å². The fraction of sp³-hybridized carbons (Fsp3) is 0.591. The first-order valence-electron chi connectivity index (χ1n) is 10.7. The maximum Gasteiger partial charge on any atom is 0.219 e. The van der Waals surface area contributed by atoms with Gasteiger partial charge >= 0.3 is 0 Å². The van der Waals surface area contributed by atoms with E-state index in [1.807, 2.05) is 36.0 Å². The number of aliphatic hydroxyl groups is 1. The molecular weight excluding hydrogens is 382 g/mol. The molecule has 2 aromatic rings. The van der Waals surface area contributed by atoms with Gasteiger partial charge in [0.2, 0.25) is 5.91 Å². The molecule has 30 heavy (non-hydrogen) atoms. The summed E-state index contributed by atoms with van der Waals surface area (Å²) in [6.07, 6.45) is 5.89. The van der Waals surface area contributed by atoms with Crippen LogP contribution in [-0.2, 0) is 17.8 Å². The molecule has 0 saturated heterocycles. The fourth-order valence-corrected chi connectivity index (χ4v) is 4.59. The highest BCUT2D eigenvalue weighted by atomic mass is 16.5. The predicted molar refractivity (Wildman–Crippen MR) is 114 cm³/mol. The SMILES string of the molecule is COc1cc(N(C)c2nn(C3CCC(O)CC3)c3c2CN(C(C)=O)CC3)cnc1C. The number of nitrogens with zero attached hydrogens (tertiary/aromatic N) is 5. The van der Waals surface area contributed by atoms with Crippen LogP contribution >= 0.6 is 0 Å². The normalized spacial score (nSPS) is 21.3. The number of amides is 1. The van der Waals surface area contributed by atoms with Crippen molar-refractivity contribution in [2.45, 2.75) is 64.6 Å². The van der Waals surface area contributed by atoms with Crippen LogP contribution in [-0.4, -0.2) is 57.5 Å². The molecule has 8 heteroatoms. The van der Waals surface area contributed by atoms with E-state index in [-0.39, 0.29) is 12.0 Å². The Balaban J connectivity index is 1.74. The number of pyridine rings is 1. The van der Waals surface area contributed by atoms with Gasteiger partial charge in [0.15, 0.2) is 5.82 Å². The summed E-state index contributed by atoms with van der Waals surface area (Å²) in [5, 5.41) is 15.0. The monoisotopic (exact) mass is 413 g/mol. The Bertz CT molecular complexity index is 933. The summed E-state index contributed by atoms with van der Waals surface area (Å²) in [5.41, 5.74) is 4.04. The van der Waals surface area contributed by atoms with Crippen molar-refractivity contribution in [3.63, 3.8) is 0 Å². The zero-order valence-corrected chi connectivity index (χ0v) is 18.3. The molecule has 1 aliphatic carbocycles. The van der Waals surface area contributed by atoms with Crippen molar-refractivity contribution in [1.29, 1.82) is 0 Å². The first-order chi connectivity index (χ1) is 14.4. The Kier molecular flexibility index (Phi) is 5.69. The molecule has 3 heterocycles. The smallest absolute Gasteiger partial charge is 0.219 e. The summed E-state index contributed by atoms with van der Waals surface area (Å²) in [6.45, 7) is 4.82. The van der Waals surface area contributed by atoms with Gasteiger partial charge in [0.05, 0.1) is 43.4 Å². The van der Waals surface area contributed by atoms with Crippen molar-refractivity contribution >= 4 is 17.4 Å². The maximum absolute atomic E-state index is 12.1. The number of carbonyl (C=O) groups excluding carboxylic acids is 1. The van der Waals surface area contributed by atoms with Crippen LogP contribution in [0.5, 0.6) is 5.75 Å². The van der Waals surface area contributed by atoms with Gasteiger partial charge in [0.1, 0.15) is 5.75 Å². The van der Waals surface area contributed by atoms with Crippen molar-refractivity contribution in [2.75, 3.05) is 25.6 Å². The van der Waals surface area contributed by atoms with Crippen LogP contribution in [0, 0.1) is 6.92 Å². The second kappa shape index (κ2) is 8.26. The molecule has 1 saturated carbocycles. The highest BCUT2D eigenvalue weighted by Gasteiger charge is 2.32. The third-order valence-electron chi connectivity index (χ3n) is 6.47.